The molecule has 2 N–H and O–H groups in total. The average Bonchev–Trinajstić information content (AvgIpc) is 2.95. The number of benzene rings is 1. The van der Waals surface area contributed by atoms with Gasteiger partial charge in [-0.25, -0.2) is 0 Å². The SMILES string of the molecule is Cn1nc(C2CNCC2C(=O)O)c2ccccc21. The van der Waals surface area contributed by atoms with Gasteiger partial charge in [0.1, 0.15) is 0 Å². The van der Waals surface area contributed by atoms with Gasteiger partial charge < -0.3 is 10.4 Å². The molecule has 1 fully saturated rings. The summed E-state index contributed by atoms with van der Waals surface area (Å²) in [4.78, 5) is 11.3. The van der Waals surface area contributed by atoms with E-state index in [1.54, 1.807) is 0 Å². The highest BCUT2D eigenvalue weighted by Crippen LogP contribution is 2.32. The van der Waals surface area contributed by atoms with Gasteiger partial charge in [-0.1, -0.05) is 18.2 Å². The molecule has 94 valence electrons. The van der Waals surface area contributed by atoms with Crippen LogP contribution in [0.3, 0.4) is 0 Å². The van der Waals surface area contributed by atoms with Gasteiger partial charge >= 0.3 is 5.97 Å². The van der Waals surface area contributed by atoms with Gasteiger partial charge in [0, 0.05) is 31.4 Å². The Morgan fingerprint density at radius 2 is 2.22 bits per heavy atom. The van der Waals surface area contributed by atoms with Crippen molar-refractivity contribution in [3.05, 3.63) is 30.0 Å². The minimum absolute atomic E-state index is 0.0476. The summed E-state index contributed by atoms with van der Waals surface area (Å²) in [5, 5.41) is 18.0. The predicted octanol–water partition coefficient (Wildman–Crippen LogP) is 0.961. The molecule has 0 radical (unpaired) electrons. The molecular weight excluding hydrogens is 230 g/mol. The number of nitrogens with zero attached hydrogens (tertiary/aromatic N) is 2. The summed E-state index contributed by atoms with van der Waals surface area (Å²) in [6.07, 6.45) is 0. The van der Waals surface area contributed by atoms with Gasteiger partial charge in [-0.15, -0.1) is 0 Å². The molecule has 0 spiro atoms. The van der Waals surface area contributed by atoms with Crippen molar-refractivity contribution in [1.29, 1.82) is 0 Å². The van der Waals surface area contributed by atoms with Crippen molar-refractivity contribution in [1.82, 2.24) is 15.1 Å². The van der Waals surface area contributed by atoms with Crippen molar-refractivity contribution in [2.24, 2.45) is 13.0 Å². The number of hydrogen-bond acceptors (Lipinski definition) is 3. The Balaban J connectivity index is 2.12. The second-order valence-corrected chi connectivity index (χ2v) is 4.74. The Labute approximate surface area is 104 Å². The highest BCUT2D eigenvalue weighted by Gasteiger charge is 2.36. The molecule has 2 atom stereocenters. The minimum Gasteiger partial charge on any atom is -0.481 e. The van der Waals surface area contributed by atoms with Crippen molar-refractivity contribution in [2.45, 2.75) is 5.92 Å². The molecule has 0 amide bonds. The molecule has 5 heteroatoms. The molecule has 1 saturated heterocycles. The summed E-state index contributed by atoms with van der Waals surface area (Å²) in [7, 11) is 1.89. The third-order valence-corrected chi connectivity index (χ3v) is 3.67. The van der Waals surface area contributed by atoms with Gasteiger partial charge in [0.25, 0.3) is 0 Å². The van der Waals surface area contributed by atoms with Crippen LogP contribution in [0.5, 0.6) is 0 Å². The van der Waals surface area contributed by atoms with Gasteiger partial charge in [-0.05, 0) is 6.07 Å². The van der Waals surface area contributed by atoms with Crippen LogP contribution in [0.1, 0.15) is 11.6 Å². The topological polar surface area (TPSA) is 67.2 Å². The lowest BCUT2D eigenvalue weighted by molar-refractivity contribution is -0.141. The smallest absolute Gasteiger partial charge is 0.308 e. The van der Waals surface area contributed by atoms with Crippen LogP contribution in [0.2, 0.25) is 0 Å². The number of rotatable bonds is 2. The lowest BCUT2D eigenvalue weighted by Crippen LogP contribution is -2.21. The quantitative estimate of drug-likeness (QED) is 0.827. The Morgan fingerprint density at radius 3 is 3.00 bits per heavy atom. The molecule has 18 heavy (non-hydrogen) atoms. The second-order valence-electron chi connectivity index (χ2n) is 4.74. The van der Waals surface area contributed by atoms with E-state index in [-0.39, 0.29) is 11.8 Å². The van der Waals surface area contributed by atoms with Crippen LogP contribution in [0, 0.1) is 5.92 Å². The van der Waals surface area contributed by atoms with Crippen LogP contribution in [-0.2, 0) is 11.8 Å². The number of aliphatic carboxylic acids is 1. The molecule has 3 rings (SSSR count). The molecule has 2 heterocycles. The Morgan fingerprint density at radius 1 is 1.44 bits per heavy atom. The molecule has 1 aliphatic heterocycles. The van der Waals surface area contributed by atoms with Crippen LogP contribution in [0.15, 0.2) is 24.3 Å². The Hall–Kier alpha value is -1.88. The van der Waals surface area contributed by atoms with E-state index in [0.29, 0.717) is 13.1 Å². The maximum Gasteiger partial charge on any atom is 0.308 e. The third-order valence-electron chi connectivity index (χ3n) is 3.67. The van der Waals surface area contributed by atoms with E-state index in [1.165, 1.54) is 0 Å². The van der Waals surface area contributed by atoms with E-state index >= 15 is 0 Å². The predicted molar refractivity (Wildman–Crippen MR) is 67.5 cm³/mol. The summed E-state index contributed by atoms with van der Waals surface area (Å²) in [6, 6.07) is 7.94. The zero-order valence-corrected chi connectivity index (χ0v) is 10.1. The van der Waals surface area contributed by atoms with Gasteiger partial charge in [0.05, 0.1) is 17.1 Å². The fraction of sp³-hybridized carbons (Fsp3) is 0.385. The molecule has 1 aromatic heterocycles. The van der Waals surface area contributed by atoms with Crippen LogP contribution in [0.4, 0.5) is 0 Å². The number of para-hydroxylation sites is 1. The lowest BCUT2D eigenvalue weighted by atomic mass is 9.91. The number of carboxylic acids is 1. The fourth-order valence-electron chi connectivity index (χ4n) is 2.74. The molecule has 1 aromatic carbocycles. The summed E-state index contributed by atoms with van der Waals surface area (Å²) in [5.74, 6) is -1.18. The highest BCUT2D eigenvalue weighted by atomic mass is 16.4. The molecule has 0 bridgehead atoms. The highest BCUT2D eigenvalue weighted by molar-refractivity contribution is 5.83. The van der Waals surface area contributed by atoms with E-state index in [9.17, 15) is 9.90 Å². The van der Waals surface area contributed by atoms with Crippen LogP contribution >= 0.6 is 0 Å². The maximum absolute atomic E-state index is 11.3. The normalized spacial score (nSPS) is 23.6. The number of carboxylic acid groups (broad SMARTS) is 1. The van der Waals surface area contributed by atoms with Crippen molar-refractivity contribution in [2.75, 3.05) is 13.1 Å². The van der Waals surface area contributed by atoms with Gasteiger partial charge in [0.15, 0.2) is 0 Å². The first-order valence-corrected chi connectivity index (χ1v) is 6.03. The fourth-order valence-corrected chi connectivity index (χ4v) is 2.74. The van der Waals surface area contributed by atoms with Gasteiger partial charge in [-0.2, -0.15) is 5.10 Å². The first-order chi connectivity index (χ1) is 8.68. The van der Waals surface area contributed by atoms with Crippen molar-refractivity contribution < 1.29 is 9.90 Å². The number of carbonyl (C=O) groups is 1. The van der Waals surface area contributed by atoms with Crippen molar-refractivity contribution in [3.63, 3.8) is 0 Å². The first kappa shape index (κ1) is 11.2. The maximum atomic E-state index is 11.3. The number of nitrogens with one attached hydrogen (secondary N) is 1. The Bertz CT molecular complexity index is 605. The number of aryl methyl sites for hydroxylation is 1. The zero-order valence-electron chi connectivity index (χ0n) is 10.1. The molecular formula is C13H15N3O2. The van der Waals surface area contributed by atoms with E-state index in [4.69, 9.17) is 0 Å². The zero-order chi connectivity index (χ0) is 12.7. The number of hydrogen-bond donors (Lipinski definition) is 2. The van der Waals surface area contributed by atoms with Crippen LogP contribution in [0.25, 0.3) is 10.9 Å². The summed E-state index contributed by atoms with van der Waals surface area (Å²) < 4.78 is 1.82. The summed E-state index contributed by atoms with van der Waals surface area (Å²) in [5.41, 5.74) is 1.94. The molecule has 1 aliphatic rings. The van der Waals surface area contributed by atoms with Crippen molar-refractivity contribution >= 4 is 16.9 Å². The van der Waals surface area contributed by atoms with E-state index in [1.807, 2.05) is 36.0 Å². The second kappa shape index (κ2) is 4.10. The van der Waals surface area contributed by atoms with Crippen molar-refractivity contribution in [3.8, 4) is 0 Å². The first-order valence-electron chi connectivity index (χ1n) is 6.03. The largest absolute Gasteiger partial charge is 0.481 e. The van der Waals surface area contributed by atoms with E-state index < -0.39 is 5.97 Å². The molecule has 0 saturated carbocycles. The molecule has 5 nitrogen and oxygen atoms in total. The minimum atomic E-state index is -0.750. The monoisotopic (exact) mass is 245 g/mol. The molecule has 2 aromatic rings. The van der Waals surface area contributed by atoms with Crippen LogP contribution < -0.4 is 5.32 Å². The van der Waals surface area contributed by atoms with E-state index in [2.05, 4.69) is 10.4 Å². The lowest BCUT2D eigenvalue weighted by Gasteiger charge is -2.12. The number of aromatic nitrogens is 2. The molecule has 2 unspecified atom stereocenters. The Kier molecular flexibility index (Phi) is 2.56. The third kappa shape index (κ3) is 1.59. The molecule has 0 aliphatic carbocycles. The standard InChI is InChI=1S/C13H15N3O2/c1-16-11-5-3-2-4-8(11)12(15-16)9-6-14-7-10(9)13(17)18/h2-5,9-10,14H,6-7H2,1H3,(H,17,18). The van der Waals surface area contributed by atoms with E-state index in [0.717, 1.165) is 16.6 Å². The average molecular weight is 245 g/mol. The number of fused-ring (bicyclic) bond motifs is 1. The summed E-state index contributed by atoms with van der Waals surface area (Å²) in [6.45, 7) is 1.20. The van der Waals surface area contributed by atoms with Crippen LogP contribution in [-0.4, -0.2) is 33.9 Å². The van der Waals surface area contributed by atoms with Gasteiger partial charge in [-0.3, -0.25) is 9.48 Å². The summed E-state index contributed by atoms with van der Waals surface area (Å²) >= 11 is 0. The van der Waals surface area contributed by atoms with Gasteiger partial charge in [0.2, 0.25) is 0 Å².